The number of nitrogens with one attached hydrogen (secondary N) is 2. The fraction of sp³-hybridized carbons (Fsp3) is 0.190. The largest absolute Gasteiger partial charge is 0.272 e. The van der Waals surface area contributed by atoms with E-state index in [1.165, 1.54) is 11.8 Å². The number of carbonyl (C=O) groups excluding carboxylic acids is 2. The summed E-state index contributed by atoms with van der Waals surface area (Å²) in [4.78, 5) is 25.3. The zero-order chi connectivity index (χ0) is 20.8. The number of carbonyl (C=O) groups is 2. The lowest BCUT2D eigenvalue weighted by molar-refractivity contribution is -0.119. The standard InChI is InChI=1S/C21H21ClN4O2S/c1-14-10-15(2)26(25-14)12-16-4-3-5-17(11-16)21(28)24-23-20(27)13-29-19-8-6-18(22)7-9-19/h3-11H,12-13H2,1-2H3,(H,23,27)(H,24,28). The van der Waals surface area contributed by atoms with Crippen LogP contribution in [0.3, 0.4) is 0 Å². The van der Waals surface area contributed by atoms with Crippen LogP contribution >= 0.6 is 23.4 Å². The number of hydrogen-bond acceptors (Lipinski definition) is 4. The van der Waals surface area contributed by atoms with Crippen molar-refractivity contribution in [1.29, 1.82) is 0 Å². The van der Waals surface area contributed by atoms with Gasteiger partial charge in [-0.05, 0) is 61.9 Å². The Kier molecular flexibility index (Phi) is 6.95. The quantitative estimate of drug-likeness (QED) is 0.463. The molecular weight excluding hydrogens is 408 g/mol. The average molecular weight is 429 g/mol. The van der Waals surface area contributed by atoms with Crippen LogP contribution in [0.4, 0.5) is 0 Å². The van der Waals surface area contributed by atoms with Crippen LogP contribution in [0.25, 0.3) is 0 Å². The summed E-state index contributed by atoms with van der Waals surface area (Å²) in [7, 11) is 0. The predicted octanol–water partition coefficient (Wildman–Crippen LogP) is 3.75. The molecule has 0 fully saturated rings. The maximum absolute atomic E-state index is 12.4. The molecule has 0 spiro atoms. The molecule has 0 atom stereocenters. The van der Waals surface area contributed by atoms with E-state index in [0.717, 1.165) is 21.8 Å². The minimum Gasteiger partial charge on any atom is -0.272 e. The van der Waals surface area contributed by atoms with Crippen LogP contribution in [0, 0.1) is 13.8 Å². The number of amides is 2. The van der Waals surface area contributed by atoms with Gasteiger partial charge < -0.3 is 0 Å². The van der Waals surface area contributed by atoms with Gasteiger partial charge in [0, 0.05) is 21.2 Å². The number of rotatable bonds is 6. The van der Waals surface area contributed by atoms with Gasteiger partial charge in [-0.3, -0.25) is 25.1 Å². The van der Waals surface area contributed by atoms with Gasteiger partial charge in [0.1, 0.15) is 0 Å². The summed E-state index contributed by atoms with van der Waals surface area (Å²) >= 11 is 7.20. The van der Waals surface area contributed by atoms with Gasteiger partial charge in [0.15, 0.2) is 0 Å². The fourth-order valence-electron chi connectivity index (χ4n) is 2.73. The molecule has 3 aromatic rings. The average Bonchev–Trinajstić information content (AvgIpc) is 3.02. The number of hydrogen-bond donors (Lipinski definition) is 2. The smallest absolute Gasteiger partial charge is 0.269 e. The first-order valence-electron chi connectivity index (χ1n) is 8.98. The van der Waals surface area contributed by atoms with E-state index in [2.05, 4.69) is 16.0 Å². The molecule has 0 aliphatic rings. The lowest BCUT2D eigenvalue weighted by Gasteiger charge is -2.09. The van der Waals surface area contributed by atoms with Gasteiger partial charge in [0.2, 0.25) is 5.91 Å². The Morgan fingerprint density at radius 1 is 1.07 bits per heavy atom. The van der Waals surface area contributed by atoms with Gasteiger partial charge >= 0.3 is 0 Å². The molecule has 0 unspecified atom stereocenters. The Hall–Kier alpha value is -2.77. The molecule has 6 nitrogen and oxygen atoms in total. The molecule has 2 N–H and O–H groups in total. The van der Waals surface area contributed by atoms with Crippen LogP contribution in [0.1, 0.15) is 27.3 Å². The van der Waals surface area contributed by atoms with Gasteiger partial charge in [-0.2, -0.15) is 5.10 Å². The second-order valence-electron chi connectivity index (χ2n) is 6.53. The molecule has 0 aliphatic carbocycles. The van der Waals surface area contributed by atoms with Crippen LogP contribution < -0.4 is 10.9 Å². The normalized spacial score (nSPS) is 10.6. The highest BCUT2D eigenvalue weighted by molar-refractivity contribution is 8.00. The molecule has 0 bridgehead atoms. The van der Waals surface area contributed by atoms with Crippen LogP contribution in [-0.2, 0) is 11.3 Å². The Labute approximate surface area is 178 Å². The molecule has 1 aromatic heterocycles. The summed E-state index contributed by atoms with van der Waals surface area (Å²) in [5.41, 5.74) is 8.33. The van der Waals surface area contributed by atoms with Crippen LogP contribution in [0.2, 0.25) is 5.02 Å². The molecule has 0 saturated heterocycles. The molecule has 2 aromatic carbocycles. The second kappa shape index (κ2) is 9.62. The van der Waals surface area contributed by atoms with Crippen molar-refractivity contribution in [3.63, 3.8) is 0 Å². The highest BCUT2D eigenvalue weighted by atomic mass is 35.5. The van der Waals surface area contributed by atoms with Crippen molar-refractivity contribution in [2.75, 3.05) is 5.75 Å². The van der Waals surface area contributed by atoms with Crippen molar-refractivity contribution in [1.82, 2.24) is 20.6 Å². The predicted molar refractivity (Wildman–Crippen MR) is 115 cm³/mol. The molecule has 1 heterocycles. The second-order valence-corrected chi connectivity index (χ2v) is 8.02. The van der Waals surface area contributed by atoms with Crippen LogP contribution in [0.5, 0.6) is 0 Å². The third-order valence-corrected chi connectivity index (χ3v) is 5.39. The molecular formula is C21H21ClN4O2S. The highest BCUT2D eigenvalue weighted by Crippen LogP contribution is 2.19. The lowest BCUT2D eigenvalue weighted by Crippen LogP contribution is -2.42. The molecule has 29 heavy (non-hydrogen) atoms. The molecule has 2 amide bonds. The Bertz CT molecular complexity index is 1020. The van der Waals surface area contributed by atoms with E-state index < -0.39 is 0 Å². The van der Waals surface area contributed by atoms with Gasteiger partial charge in [0.25, 0.3) is 5.91 Å². The lowest BCUT2D eigenvalue weighted by atomic mass is 10.1. The van der Waals surface area contributed by atoms with Gasteiger partial charge in [-0.25, -0.2) is 0 Å². The maximum atomic E-state index is 12.4. The maximum Gasteiger partial charge on any atom is 0.269 e. The van der Waals surface area contributed by atoms with Crippen molar-refractivity contribution in [3.05, 3.63) is 82.1 Å². The summed E-state index contributed by atoms with van der Waals surface area (Å²) in [6, 6.07) is 16.5. The van der Waals surface area contributed by atoms with E-state index in [0.29, 0.717) is 17.1 Å². The van der Waals surface area contributed by atoms with E-state index in [9.17, 15) is 9.59 Å². The molecule has 0 saturated carbocycles. The zero-order valence-corrected chi connectivity index (χ0v) is 17.7. The van der Waals surface area contributed by atoms with E-state index in [-0.39, 0.29) is 17.6 Å². The number of aryl methyl sites for hydroxylation is 2. The van der Waals surface area contributed by atoms with Crippen molar-refractivity contribution in [2.45, 2.75) is 25.3 Å². The van der Waals surface area contributed by atoms with Gasteiger partial charge in [0.05, 0.1) is 18.0 Å². The highest BCUT2D eigenvalue weighted by Gasteiger charge is 2.10. The fourth-order valence-corrected chi connectivity index (χ4v) is 3.56. The van der Waals surface area contributed by atoms with Crippen molar-refractivity contribution in [2.24, 2.45) is 0 Å². The molecule has 150 valence electrons. The van der Waals surface area contributed by atoms with E-state index in [1.807, 2.05) is 48.9 Å². The number of nitrogens with zero attached hydrogens (tertiary/aromatic N) is 2. The topological polar surface area (TPSA) is 76.0 Å². The number of benzene rings is 2. The molecule has 3 rings (SSSR count). The Morgan fingerprint density at radius 2 is 1.83 bits per heavy atom. The summed E-state index contributed by atoms with van der Waals surface area (Å²) in [5.74, 6) is -0.484. The van der Waals surface area contributed by atoms with E-state index in [1.54, 1.807) is 24.3 Å². The number of thioether (sulfide) groups is 1. The first-order chi connectivity index (χ1) is 13.9. The Morgan fingerprint density at radius 3 is 2.52 bits per heavy atom. The van der Waals surface area contributed by atoms with Crippen molar-refractivity contribution < 1.29 is 9.59 Å². The van der Waals surface area contributed by atoms with E-state index >= 15 is 0 Å². The van der Waals surface area contributed by atoms with Crippen molar-refractivity contribution >= 4 is 35.2 Å². The third kappa shape index (κ3) is 6.10. The van der Waals surface area contributed by atoms with Crippen molar-refractivity contribution in [3.8, 4) is 0 Å². The van der Waals surface area contributed by atoms with Crippen LogP contribution in [-0.4, -0.2) is 27.3 Å². The number of halogens is 1. The summed E-state index contributed by atoms with van der Waals surface area (Å²) < 4.78 is 1.89. The Balaban J connectivity index is 1.51. The SMILES string of the molecule is Cc1cc(C)n(Cc2cccc(C(=O)NNC(=O)CSc3ccc(Cl)cc3)c2)n1. The summed E-state index contributed by atoms with van der Waals surface area (Å²) in [6.07, 6.45) is 0. The summed E-state index contributed by atoms with van der Waals surface area (Å²) in [6.45, 7) is 4.51. The number of hydrazine groups is 1. The number of aromatic nitrogens is 2. The van der Waals surface area contributed by atoms with Crippen LogP contribution in [0.15, 0.2) is 59.5 Å². The van der Waals surface area contributed by atoms with E-state index in [4.69, 9.17) is 11.6 Å². The molecule has 8 heteroatoms. The van der Waals surface area contributed by atoms with Gasteiger partial charge in [-0.15, -0.1) is 11.8 Å². The minimum absolute atomic E-state index is 0.180. The molecule has 0 aliphatic heterocycles. The molecule has 0 radical (unpaired) electrons. The minimum atomic E-state index is -0.370. The summed E-state index contributed by atoms with van der Waals surface area (Å²) in [5, 5.41) is 5.08. The third-order valence-electron chi connectivity index (χ3n) is 4.12. The van der Waals surface area contributed by atoms with Gasteiger partial charge in [-0.1, -0.05) is 23.7 Å². The first kappa shape index (κ1) is 21.0. The first-order valence-corrected chi connectivity index (χ1v) is 10.3. The zero-order valence-electron chi connectivity index (χ0n) is 16.1. The monoisotopic (exact) mass is 428 g/mol.